The van der Waals surface area contributed by atoms with Crippen LogP contribution in [0, 0.1) is 0 Å². The second-order valence-electron chi connectivity index (χ2n) is 1.64. The molecule has 0 aromatic rings. The van der Waals surface area contributed by atoms with Crippen LogP contribution in [0.15, 0.2) is 24.3 Å². The molecule has 0 aliphatic carbocycles. The molecule has 4 nitrogen and oxygen atoms in total. The first-order chi connectivity index (χ1) is 5.54. The van der Waals surface area contributed by atoms with Gasteiger partial charge in [-0.25, -0.2) is 0 Å². The maximum absolute atomic E-state index is 9.40. The molecule has 0 spiro atoms. The molecule has 0 heterocycles. The Hall–Kier alpha value is -1.06. The van der Waals surface area contributed by atoms with Crippen molar-refractivity contribution in [2.75, 3.05) is 0 Å². The van der Waals surface area contributed by atoms with E-state index in [0.29, 0.717) is 0 Å². The summed E-state index contributed by atoms with van der Waals surface area (Å²) in [4.78, 5) is 18.8. The number of carboxylic acids is 2. The van der Waals surface area contributed by atoms with Gasteiger partial charge in [0.2, 0.25) is 0 Å². The largest absolute Gasteiger partial charge is 2.00 e. The van der Waals surface area contributed by atoms with Crippen molar-refractivity contribution < 1.29 is 36.9 Å². The van der Waals surface area contributed by atoms with E-state index >= 15 is 0 Å². The molecule has 74 valence electrons. The zero-order valence-electron chi connectivity index (χ0n) is 7.30. The first-order valence-electron chi connectivity index (χ1n) is 3.22. The predicted octanol–water partition coefficient (Wildman–Crippen LogP) is -1.38. The van der Waals surface area contributed by atoms with Crippen molar-refractivity contribution in [3.05, 3.63) is 24.3 Å². The first-order valence-corrected chi connectivity index (χ1v) is 3.22. The third-order valence-electron chi connectivity index (χ3n) is 0.605. The molecule has 0 aliphatic heterocycles. The molecule has 0 bridgehead atoms. The molecule has 0 atom stereocenters. The first kappa shape index (κ1) is 17.9. The molecule has 0 fully saturated rings. The van der Waals surface area contributed by atoms with Crippen LogP contribution in [0.25, 0.3) is 0 Å². The molecule has 0 amide bonds. The van der Waals surface area contributed by atoms with Crippen LogP contribution in [-0.2, 0) is 26.7 Å². The van der Waals surface area contributed by atoms with Crippen molar-refractivity contribution in [1.82, 2.24) is 0 Å². The topological polar surface area (TPSA) is 80.3 Å². The van der Waals surface area contributed by atoms with Gasteiger partial charge in [-0.05, 0) is 26.0 Å². The van der Waals surface area contributed by atoms with E-state index in [2.05, 4.69) is 0 Å². The Morgan fingerprint density at radius 1 is 0.923 bits per heavy atom. The van der Waals surface area contributed by atoms with Crippen molar-refractivity contribution in [2.45, 2.75) is 13.8 Å². The van der Waals surface area contributed by atoms with Gasteiger partial charge in [0.15, 0.2) is 0 Å². The molecule has 0 saturated heterocycles. The fourth-order valence-electron chi connectivity index (χ4n) is 0.272. The molecule has 5 heteroatoms. The summed E-state index contributed by atoms with van der Waals surface area (Å²) in [5.74, 6) is -2.28. The maximum Gasteiger partial charge on any atom is 2.00 e. The number of carbonyl (C=O) groups excluding carboxylic acids is 2. The summed E-state index contributed by atoms with van der Waals surface area (Å²) < 4.78 is 0. The van der Waals surface area contributed by atoms with Crippen LogP contribution in [0.1, 0.15) is 13.8 Å². The van der Waals surface area contributed by atoms with Gasteiger partial charge in [-0.3, -0.25) is 0 Å². The third kappa shape index (κ3) is 35.8. The molecule has 0 rings (SSSR count). The van der Waals surface area contributed by atoms with Gasteiger partial charge in [0.1, 0.15) is 0 Å². The van der Waals surface area contributed by atoms with Gasteiger partial charge in [-0.2, -0.15) is 0 Å². The van der Waals surface area contributed by atoms with Crippen LogP contribution in [0.3, 0.4) is 0 Å². The number of allylic oxidation sites excluding steroid dienone is 2. The van der Waals surface area contributed by atoms with Crippen molar-refractivity contribution in [1.29, 1.82) is 0 Å². The van der Waals surface area contributed by atoms with Gasteiger partial charge in [0, 0.05) is 0 Å². The van der Waals surface area contributed by atoms with Crippen LogP contribution < -0.4 is 10.2 Å². The molecule has 13 heavy (non-hydrogen) atoms. The van der Waals surface area contributed by atoms with Crippen LogP contribution in [-0.4, -0.2) is 11.9 Å². The van der Waals surface area contributed by atoms with Crippen molar-refractivity contribution >= 4 is 11.9 Å². The van der Waals surface area contributed by atoms with Gasteiger partial charge < -0.3 is 19.8 Å². The Balaban J connectivity index is -0.000000143. The minimum atomic E-state index is -1.14. The molecular formula is C8H10FeO4. The Labute approximate surface area is 87.4 Å². The van der Waals surface area contributed by atoms with E-state index in [0.717, 1.165) is 12.2 Å². The molecule has 0 saturated carbocycles. The number of carbonyl (C=O) groups is 2. The minimum Gasteiger partial charge on any atom is -0.545 e. The molecule has 0 radical (unpaired) electrons. The number of hydrogen-bond acceptors (Lipinski definition) is 4. The molecule has 0 aromatic heterocycles. The van der Waals surface area contributed by atoms with Gasteiger partial charge in [0.25, 0.3) is 0 Å². The third-order valence-corrected chi connectivity index (χ3v) is 0.605. The summed E-state index contributed by atoms with van der Waals surface area (Å²) >= 11 is 0. The van der Waals surface area contributed by atoms with Crippen molar-refractivity contribution in [3.8, 4) is 0 Å². The van der Waals surface area contributed by atoms with Gasteiger partial charge >= 0.3 is 17.1 Å². The number of hydrogen-bond donors (Lipinski definition) is 0. The molecule has 0 N–H and O–H groups in total. The van der Waals surface area contributed by atoms with Gasteiger partial charge in [0.05, 0.1) is 11.9 Å². The minimum absolute atomic E-state index is 0. The van der Waals surface area contributed by atoms with E-state index in [1.54, 1.807) is 13.8 Å². The monoisotopic (exact) mass is 226 g/mol. The summed E-state index contributed by atoms with van der Waals surface area (Å²) in [6.07, 6.45) is 4.77. The Morgan fingerprint density at radius 2 is 1.15 bits per heavy atom. The summed E-state index contributed by atoms with van der Waals surface area (Å²) in [5.41, 5.74) is 0. The van der Waals surface area contributed by atoms with E-state index in [-0.39, 0.29) is 17.1 Å². The molecular weight excluding hydrogens is 216 g/mol. The smallest absolute Gasteiger partial charge is 0.545 e. The van der Waals surface area contributed by atoms with E-state index in [1.807, 2.05) is 0 Å². The maximum atomic E-state index is 9.40. The summed E-state index contributed by atoms with van der Waals surface area (Å²) in [6, 6.07) is 0. The quantitative estimate of drug-likeness (QED) is 0.429. The number of carboxylic acid groups (broad SMARTS) is 2. The second-order valence-corrected chi connectivity index (χ2v) is 1.64. The summed E-state index contributed by atoms with van der Waals surface area (Å²) in [5, 5.41) is 18.8. The SMILES string of the molecule is CC=CC(=O)[O-].CC=CC(=O)[O-].[Fe+2]. The average Bonchev–Trinajstić information content (AvgIpc) is 1.87. The Morgan fingerprint density at radius 3 is 1.15 bits per heavy atom. The van der Waals surface area contributed by atoms with Crippen LogP contribution in [0.2, 0.25) is 0 Å². The van der Waals surface area contributed by atoms with Crippen molar-refractivity contribution in [3.63, 3.8) is 0 Å². The van der Waals surface area contributed by atoms with Crippen LogP contribution in [0.4, 0.5) is 0 Å². The zero-order valence-corrected chi connectivity index (χ0v) is 8.40. The van der Waals surface area contributed by atoms with Crippen molar-refractivity contribution in [2.24, 2.45) is 0 Å². The number of aliphatic carboxylic acids is 2. The fraction of sp³-hybridized carbons (Fsp3) is 0.250. The summed E-state index contributed by atoms with van der Waals surface area (Å²) in [7, 11) is 0. The normalized spacial score (nSPS) is 8.77. The number of rotatable bonds is 2. The van der Waals surface area contributed by atoms with E-state index in [4.69, 9.17) is 0 Å². The van der Waals surface area contributed by atoms with E-state index < -0.39 is 11.9 Å². The van der Waals surface area contributed by atoms with Crippen LogP contribution in [0.5, 0.6) is 0 Å². The molecule has 0 aromatic carbocycles. The Bertz CT molecular complexity index is 174. The van der Waals surface area contributed by atoms with Gasteiger partial charge in [-0.1, -0.05) is 12.2 Å². The fourth-order valence-corrected chi connectivity index (χ4v) is 0.272. The Kier molecular flexibility index (Phi) is 18.6. The second kappa shape index (κ2) is 13.5. The average molecular weight is 226 g/mol. The zero-order chi connectivity index (χ0) is 9.98. The van der Waals surface area contributed by atoms with Gasteiger partial charge in [-0.15, -0.1) is 0 Å². The van der Waals surface area contributed by atoms with E-state index in [1.165, 1.54) is 12.2 Å². The van der Waals surface area contributed by atoms with Crippen LogP contribution >= 0.6 is 0 Å². The molecule has 0 unspecified atom stereocenters. The summed E-state index contributed by atoms with van der Waals surface area (Å²) in [6.45, 7) is 3.24. The predicted molar refractivity (Wildman–Crippen MR) is 39.6 cm³/mol. The standard InChI is InChI=1S/2C4H6O2.Fe/c2*1-2-3-4(5)6;/h2*2-3H,1H3,(H,5,6);/q;;+2/p-2. The van der Waals surface area contributed by atoms with E-state index in [9.17, 15) is 19.8 Å². The molecule has 0 aliphatic rings.